The molecule has 0 radical (unpaired) electrons. The van der Waals surface area contributed by atoms with Gasteiger partial charge in [0.2, 0.25) is 0 Å². The zero-order valence-electron chi connectivity index (χ0n) is 10.9. The van der Waals surface area contributed by atoms with Crippen LogP contribution >= 0.6 is 23.1 Å². The number of thioether (sulfide) groups is 1. The van der Waals surface area contributed by atoms with Gasteiger partial charge in [0, 0.05) is 39.2 Å². The van der Waals surface area contributed by atoms with E-state index in [-0.39, 0.29) is 0 Å². The molecule has 0 saturated carbocycles. The van der Waals surface area contributed by atoms with Gasteiger partial charge in [-0.25, -0.2) is 4.98 Å². The number of rotatable bonds is 4. The Kier molecular flexibility index (Phi) is 3.57. The van der Waals surface area contributed by atoms with E-state index in [0.29, 0.717) is 5.25 Å². The highest BCUT2D eigenvalue weighted by atomic mass is 32.2. The average Bonchev–Trinajstić information content (AvgIpc) is 3.00. The van der Waals surface area contributed by atoms with Crippen molar-refractivity contribution in [3.8, 4) is 0 Å². The molecule has 0 amide bonds. The Morgan fingerprint density at radius 3 is 3.00 bits per heavy atom. The number of aromatic nitrogens is 3. The molecular weight excluding hydrogens is 274 g/mol. The van der Waals surface area contributed by atoms with Crippen LogP contribution in [0.2, 0.25) is 0 Å². The van der Waals surface area contributed by atoms with Crippen molar-refractivity contribution in [1.82, 2.24) is 15.2 Å². The SMILES string of the molecule is CC(C)Sc1ccc2n[nH]c(Cc3nccs3)c2c1. The van der Waals surface area contributed by atoms with E-state index >= 15 is 0 Å². The lowest BCUT2D eigenvalue weighted by Crippen LogP contribution is -1.89. The van der Waals surface area contributed by atoms with Gasteiger partial charge in [-0.05, 0) is 18.2 Å². The van der Waals surface area contributed by atoms with E-state index in [1.807, 2.05) is 23.3 Å². The van der Waals surface area contributed by atoms with Crippen LogP contribution in [-0.2, 0) is 6.42 Å². The van der Waals surface area contributed by atoms with Gasteiger partial charge in [0.1, 0.15) is 0 Å². The molecule has 0 bridgehead atoms. The van der Waals surface area contributed by atoms with Gasteiger partial charge >= 0.3 is 0 Å². The summed E-state index contributed by atoms with van der Waals surface area (Å²) < 4.78 is 0. The van der Waals surface area contributed by atoms with Crippen LogP contribution in [0.1, 0.15) is 24.5 Å². The van der Waals surface area contributed by atoms with Crippen LogP contribution in [0.15, 0.2) is 34.7 Å². The first-order chi connectivity index (χ1) is 9.22. The summed E-state index contributed by atoms with van der Waals surface area (Å²) in [6.07, 6.45) is 2.67. The van der Waals surface area contributed by atoms with E-state index in [2.05, 4.69) is 47.2 Å². The Morgan fingerprint density at radius 1 is 1.37 bits per heavy atom. The summed E-state index contributed by atoms with van der Waals surface area (Å²) in [5.74, 6) is 0. The molecule has 3 rings (SSSR count). The number of hydrogen-bond donors (Lipinski definition) is 1. The van der Waals surface area contributed by atoms with Crippen LogP contribution in [0.5, 0.6) is 0 Å². The van der Waals surface area contributed by atoms with Gasteiger partial charge in [-0.2, -0.15) is 5.10 Å². The predicted molar refractivity (Wildman–Crippen MR) is 82.0 cm³/mol. The van der Waals surface area contributed by atoms with Gasteiger partial charge < -0.3 is 0 Å². The van der Waals surface area contributed by atoms with Crippen molar-refractivity contribution in [2.24, 2.45) is 0 Å². The highest BCUT2D eigenvalue weighted by molar-refractivity contribution is 7.99. The van der Waals surface area contributed by atoms with Gasteiger partial charge in [0.15, 0.2) is 0 Å². The van der Waals surface area contributed by atoms with Crippen LogP contribution in [-0.4, -0.2) is 20.4 Å². The Bertz CT molecular complexity index is 671. The molecule has 1 aromatic carbocycles. The lowest BCUT2D eigenvalue weighted by Gasteiger charge is -2.04. The van der Waals surface area contributed by atoms with Crippen molar-refractivity contribution in [2.75, 3.05) is 0 Å². The number of hydrogen-bond acceptors (Lipinski definition) is 4. The molecule has 0 saturated heterocycles. The normalized spacial score (nSPS) is 11.5. The van der Waals surface area contributed by atoms with Crippen molar-refractivity contribution in [3.63, 3.8) is 0 Å². The Labute approximate surface area is 120 Å². The van der Waals surface area contributed by atoms with Crippen LogP contribution in [0.4, 0.5) is 0 Å². The Morgan fingerprint density at radius 2 is 2.26 bits per heavy atom. The van der Waals surface area contributed by atoms with Gasteiger partial charge in [-0.15, -0.1) is 23.1 Å². The lowest BCUT2D eigenvalue weighted by molar-refractivity contribution is 1.00. The first kappa shape index (κ1) is 12.7. The van der Waals surface area contributed by atoms with E-state index in [1.165, 1.54) is 10.3 Å². The van der Waals surface area contributed by atoms with Crippen molar-refractivity contribution in [3.05, 3.63) is 40.5 Å². The number of aromatic amines is 1. The summed E-state index contributed by atoms with van der Waals surface area (Å²) in [4.78, 5) is 5.63. The number of benzene rings is 1. The number of fused-ring (bicyclic) bond motifs is 1. The molecule has 19 heavy (non-hydrogen) atoms. The van der Waals surface area contributed by atoms with Crippen LogP contribution in [0.3, 0.4) is 0 Å². The first-order valence-corrected chi connectivity index (χ1v) is 8.00. The zero-order valence-corrected chi connectivity index (χ0v) is 12.5. The van der Waals surface area contributed by atoms with Crippen molar-refractivity contribution in [1.29, 1.82) is 0 Å². The molecule has 0 spiro atoms. The number of nitrogens with zero attached hydrogens (tertiary/aromatic N) is 2. The largest absolute Gasteiger partial charge is 0.281 e. The molecular formula is C14H15N3S2. The van der Waals surface area contributed by atoms with Crippen LogP contribution in [0, 0.1) is 0 Å². The van der Waals surface area contributed by atoms with Crippen molar-refractivity contribution < 1.29 is 0 Å². The van der Waals surface area contributed by atoms with Gasteiger partial charge in [0.25, 0.3) is 0 Å². The summed E-state index contributed by atoms with van der Waals surface area (Å²) in [6.45, 7) is 4.42. The first-order valence-electron chi connectivity index (χ1n) is 6.24. The predicted octanol–water partition coefficient (Wildman–Crippen LogP) is 4.11. The second-order valence-corrected chi connectivity index (χ2v) is 7.28. The molecule has 3 aromatic rings. The molecule has 3 nitrogen and oxygen atoms in total. The highest BCUT2D eigenvalue weighted by Crippen LogP contribution is 2.28. The van der Waals surface area contributed by atoms with E-state index in [0.717, 1.165) is 22.6 Å². The summed E-state index contributed by atoms with van der Waals surface area (Å²) in [6, 6.07) is 6.45. The fourth-order valence-corrected chi connectivity index (χ4v) is 3.52. The number of thiazole rings is 1. The molecule has 98 valence electrons. The standard InChI is InChI=1S/C14H15N3S2/c1-9(2)19-10-3-4-12-11(7-10)13(17-16-12)8-14-15-5-6-18-14/h3-7,9H,8H2,1-2H3,(H,16,17). The number of H-pyrrole nitrogens is 1. The minimum absolute atomic E-state index is 0.590. The summed E-state index contributed by atoms with van der Waals surface area (Å²) in [5, 5.41) is 12.4. The average molecular weight is 289 g/mol. The molecule has 0 unspecified atom stereocenters. The van der Waals surface area contributed by atoms with Crippen molar-refractivity contribution in [2.45, 2.75) is 30.4 Å². The smallest absolute Gasteiger partial charge is 0.0984 e. The maximum absolute atomic E-state index is 4.36. The van der Waals surface area contributed by atoms with Crippen molar-refractivity contribution >= 4 is 34.0 Å². The third-order valence-electron chi connectivity index (χ3n) is 2.79. The van der Waals surface area contributed by atoms with E-state index < -0.39 is 0 Å². The van der Waals surface area contributed by atoms with E-state index in [1.54, 1.807) is 11.3 Å². The number of nitrogens with one attached hydrogen (secondary N) is 1. The fourth-order valence-electron chi connectivity index (χ4n) is 2.01. The van der Waals surface area contributed by atoms with Gasteiger partial charge in [-0.1, -0.05) is 13.8 Å². The monoisotopic (exact) mass is 289 g/mol. The molecule has 2 aromatic heterocycles. The van der Waals surface area contributed by atoms with E-state index in [4.69, 9.17) is 0 Å². The highest BCUT2D eigenvalue weighted by Gasteiger charge is 2.09. The maximum atomic E-state index is 4.36. The third-order valence-corrected chi connectivity index (χ3v) is 4.56. The quantitative estimate of drug-likeness (QED) is 0.735. The maximum Gasteiger partial charge on any atom is 0.0984 e. The molecule has 1 N–H and O–H groups in total. The summed E-state index contributed by atoms with van der Waals surface area (Å²) in [7, 11) is 0. The second-order valence-electron chi connectivity index (χ2n) is 4.65. The van der Waals surface area contributed by atoms with Gasteiger partial charge in [-0.3, -0.25) is 5.10 Å². The topological polar surface area (TPSA) is 41.6 Å². The molecule has 2 heterocycles. The molecule has 0 fully saturated rings. The molecule has 0 aliphatic carbocycles. The summed E-state index contributed by atoms with van der Waals surface area (Å²) in [5.41, 5.74) is 2.18. The lowest BCUT2D eigenvalue weighted by atomic mass is 10.2. The molecule has 0 aliphatic rings. The van der Waals surface area contributed by atoms with E-state index in [9.17, 15) is 0 Å². The van der Waals surface area contributed by atoms with Crippen LogP contribution < -0.4 is 0 Å². The fraction of sp³-hybridized carbons (Fsp3) is 0.286. The second kappa shape index (κ2) is 5.35. The van der Waals surface area contributed by atoms with Gasteiger partial charge in [0.05, 0.1) is 10.5 Å². The summed E-state index contributed by atoms with van der Waals surface area (Å²) >= 11 is 3.56. The Balaban J connectivity index is 1.95. The zero-order chi connectivity index (χ0) is 13.2. The Hall–Kier alpha value is -1.33. The minimum Gasteiger partial charge on any atom is -0.281 e. The minimum atomic E-state index is 0.590. The van der Waals surface area contributed by atoms with Crippen LogP contribution in [0.25, 0.3) is 10.9 Å². The third kappa shape index (κ3) is 2.82. The molecule has 5 heteroatoms. The molecule has 0 aliphatic heterocycles. The molecule has 0 atom stereocenters.